The minimum absolute atomic E-state index is 0.00859. The van der Waals surface area contributed by atoms with E-state index in [-0.39, 0.29) is 69.4 Å². The highest BCUT2D eigenvalue weighted by Gasteiger charge is 2.35. The number of likely N-dealkylation sites (N-methyl/N-ethyl adjacent to an activating group) is 1. The van der Waals surface area contributed by atoms with Gasteiger partial charge in [-0.25, -0.2) is 56.2 Å². The Balaban J connectivity index is 0.000000188. The molecule has 0 spiro atoms. The number of ketones is 2. The van der Waals surface area contributed by atoms with Crippen molar-refractivity contribution in [3.05, 3.63) is 278 Å². The molecule has 0 aliphatic carbocycles. The molecule has 606 valence electrons. The van der Waals surface area contributed by atoms with Crippen molar-refractivity contribution in [2.45, 2.75) is 146 Å². The molecule has 12 heterocycles. The number of aryl methyl sites for hydroxylation is 5. The van der Waals surface area contributed by atoms with Gasteiger partial charge in [-0.05, 0) is 131 Å². The number of halogens is 9. The van der Waals surface area contributed by atoms with Gasteiger partial charge in [0.05, 0.1) is 83.4 Å². The van der Waals surface area contributed by atoms with E-state index in [0.29, 0.717) is 140 Å². The van der Waals surface area contributed by atoms with Crippen molar-refractivity contribution in [2.24, 2.45) is 0 Å². The lowest BCUT2D eigenvalue weighted by Gasteiger charge is -2.21. The maximum atomic E-state index is 14.2. The van der Waals surface area contributed by atoms with Crippen LogP contribution in [0.15, 0.2) is 143 Å². The summed E-state index contributed by atoms with van der Waals surface area (Å²) >= 11 is 19.1. The molecule has 0 aliphatic rings. The summed E-state index contributed by atoms with van der Waals surface area (Å²) in [6.07, 6.45) is 12.4. The standard InChI is InChI=1S/2C28H26ClF2N5O3.C27H25ClF2N6O3/c2*1-6-24(37)28(4,5)27-32-8-7-19(35-27)20-11-22(15(2)12-33-20)36-16(3)9-23(25(29)26(36)38)39-14-21-18(31)10-17(30)13-34-21;1-14-10-21(39-13-19-17(30)11-16(29)12-34-19)22(28)24(37)36(14)20-7-9-32-23(15(20)2)18-6-8-33-25(35-18)27(3,4)26(38)31-5/h2*7-13H,6,14H2,1-5H3;6-12H,13H2,1-5H3,(H,31,38)/i14D2;;. The number of nitrogens with zero attached hydrogens (tertiary/aromatic N) is 15. The number of nitrogens with one attached hydrogen (secondary N) is 1. The average Bonchev–Trinajstić information content (AvgIpc) is 0.770. The van der Waals surface area contributed by atoms with Gasteiger partial charge in [-0.1, -0.05) is 48.7 Å². The predicted molar refractivity (Wildman–Crippen MR) is 425 cm³/mol. The molecule has 25 nitrogen and oxygen atoms in total. The second-order valence-electron chi connectivity index (χ2n) is 28.1. The predicted octanol–water partition coefficient (Wildman–Crippen LogP) is 15.2. The number of Topliss-reactive ketones (excluding diaryl/α,β-unsaturated/α-hetero) is 2. The van der Waals surface area contributed by atoms with Crippen LogP contribution in [0.2, 0.25) is 15.1 Å². The Morgan fingerprint density at radius 1 is 0.436 bits per heavy atom. The highest BCUT2D eigenvalue weighted by molar-refractivity contribution is 6.32. The van der Waals surface area contributed by atoms with E-state index in [0.717, 1.165) is 12.4 Å². The van der Waals surface area contributed by atoms with Crippen molar-refractivity contribution < 1.29 is 57.7 Å². The molecule has 117 heavy (non-hydrogen) atoms. The first-order valence-electron chi connectivity index (χ1n) is 36.9. The van der Waals surface area contributed by atoms with Gasteiger partial charge >= 0.3 is 0 Å². The number of ether oxygens (including phenoxy) is 3. The molecule has 0 fully saturated rings. The third kappa shape index (κ3) is 19.0. The van der Waals surface area contributed by atoms with Crippen molar-refractivity contribution in [2.75, 3.05) is 7.05 Å². The molecule has 12 aromatic heterocycles. The number of carbonyl (C=O) groups is 3. The van der Waals surface area contributed by atoms with E-state index < -0.39 is 85.1 Å². The second kappa shape index (κ2) is 36.2. The van der Waals surface area contributed by atoms with Crippen LogP contribution in [0.5, 0.6) is 17.2 Å². The summed E-state index contributed by atoms with van der Waals surface area (Å²) in [6.45, 7) is 20.8. The molecule has 0 saturated heterocycles. The van der Waals surface area contributed by atoms with E-state index in [1.54, 1.807) is 177 Å². The molecule has 34 heteroatoms. The van der Waals surface area contributed by atoms with Crippen molar-refractivity contribution in [1.29, 1.82) is 0 Å². The van der Waals surface area contributed by atoms with Gasteiger partial charge in [-0.15, -0.1) is 0 Å². The normalized spacial score (nSPS) is 11.8. The van der Waals surface area contributed by atoms with Crippen molar-refractivity contribution in [1.82, 2.24) is 78.8 Å². The van der Waals surface area contributed by atoms with Gasteiger partial charge in [-0.2, -0.15) is 0 Å². The largest absolute Gasteiger partial charge is 0.485 e. The molecule has 1 N–H and O–H groups in total. The molecular weight excluding hydrogens is 1590 g/mol. The maximum Gasteiger partial charge on any atom is 0.277 e. The summed E-state index contributed by atoms with van der Waals surface area (Å²) in [5.74, 6) is -5.11. The summed E-state index contributed by atoms with van der Waals surface area (Å²) in [4.78, 5) is 128. The van der Waals surface area contributed by atoms with E-state index in [1.165, 1.54) is 32.2 Å². The van der Waals surface area contributed by atoms with Gasteiger partial charge in [0.25, 0.3) is 16.7 Å². The lowest BCUT2D eigenvalue weighted by Crippen LogP contribution is -2.39. The fraction of sp³-hybridized carbons (Fsp3) is 0.277. The second-order valence-corrected chi connectivity index (χ2v) is 29.2. The lowest BCUT2D eigenvalue weighted by atomic mass is 9.85. The van der Waals surface area contributed by atoms with Gasteiger partial charge in [0.1, 0.15) is 121 Å². The van der Waals surface area contributed by atoms with Crippen LogP contribution in [0, 0.1) is 76.4 Å². The molecule has 0 aromatic carbocycles. The fourth-order valence-corrected chi connectivity index (χ4v) is 12.5. The Morgan fingerprint density at radius 2 is 0.786 bits per heavy atom. The van der Waals surface area contributed by atoms with Gasteiger partial charge in [0.2, 0.25) is 5.91 Å². The number of rotatable bonds is 23. The zero-order valence-electron chi connectivity index (χ0n) is 67.7. The van der Waals surface area contributed by atoms with Gasteiger partial charge < -0.3 is 19.5 Å². The highest BCUT2D eigenvalue weighted by atomic mass is 35.5. The molecule has 0 aliphatic heterocycles. The minimum atomic E-state index is -2.87. The topological polar surface area (TPSA) is 312 Å². The summed E-state index contributed by atoms with van der Waals surface area (Å²) in [7, 11) is 1.54. The molecule has 12 aromatic rings. The maximum absolute atomic E-state index is 14.2. The average molecular weight is 1660 g/mol. The SMILES string of the molecule is CCC(=O)C(C)(C)c1nccc(-c2cc(-n3c(C)cc(OCc4ncc(F)cc4F)c(Cl)c3=O)c(C)cn2)n1.CNC(=O)C(C)(C)c1nccc(-c2nccc(-n3c(C)cc(OCc4ncc(F)cc4F)c(Cl)c3=O)c2C)n1.[2H]C([2H])(Oc1cc(C)n(-c2cc(-c3ccnc(C(C)(C)C(=O)CC)n3)ncc2C)c(=O)c1Cl)c1ncc(F)cc1F. The van der Waals surface area contributed by atoms with Crippen LogP contribution >= 0.6 is 34.8 Å². The number of carbonyl (C=O) groups excluding carboxylic acids is 3. The van der Waals surface area contributed by atoms with E-state index in [9.17, 15) is 55.1 Å². The van der Waals surface area contributed by atoms with Crippen molar-refractivity contribution >= 4 is 52.3 Å². The van der Waals surface area contributed by atoms with E-state index in [2.05, 4.69) is 65.1 Å². The Hall–Kier alpha value is -12.4. The first kappa shape index (κ1) is 84.1. The molecular formula is C83H77Cl3F6N16O9. The molecule has 12 rings (SSSR count). The Labute approximate surface area is 684 Å². The summed E-state index contributed by atoms with van der Waals surface area (Å²) in [5, 5.41) is 1.71. The van der Waals surface area contributed by atoms with Crippen LogP contribution in [0.3, 0.4) is 0 Å². The first-order valence-corrected chi connectivity index (χ1v) is 37.0. The van der Waals surface area contributed by atoms with Crippen LogP contribution in [0.4, 0.5) is 26.3 Å². The molecule has 0 atom stereocenters. The summed E-state index contributed by atoms with van der Waals surface area (Å²) < 4.78 is 118. The van der Waals surface area contributed by atoms with Crippen LogP contribution in [0.25, 0.3) is 51.2 Å². The van der Waals surface area contributed by atoms with Crippen LogP contribution < -0.4 is 36.2 Å². The molecule has 0 unspecified atom stereocenters. The van der Waals surface area contributed by atoms with Gasteiger partial charge in [0.15, 0.2) is 17.5 Å². The Bertz CT molecular complexity index is 6060. The van der Waals surface area contributed by atoms with Crippen molar-refractivity contribution in [3.63, 3.8) is 0 Å². The van der Waals surface area contributed by atoms with E-state index in [1.807, 2.05) is 0 Å². The number of hydrogen-bond donors (Lipinski definition) is 1. The number of hydrogen-bond acceptors (Lipinski definition) is 21. The minimum Gasteiger partial charge on any atom is -0.485 e. The zero-order chi connectivity index (χ0) is 87.2. The molecule has 1 amide bonds. The quantitative estimate of drug-likeness (QED) is 0.0582. The fourth-order valence-electron chi connectivity index (χ4n) is 12.0. The van der Waals surface area contributed by atoms with Gasteiger partial charge in [-0.3, -0.25) is 72.4 Å². The number of amides is 1. The van der Waals surface area contributed by atoms with E-state index in [4.69, 9.17) is 51.8 Å². The zero-order valence-corrected chi connectivity index (χ0v) is 68.0. The number of aromatic nitrogens is 15. The smallest absolute Gasteiger partial charge is 0.277 e. The first-order chi connectivity index (χ1) is 56.0. The monoisotopic (exact) mass is 1660 g/mol. The molecule has 0 bridgehead atoms. The third-order valence-corrected chi connectivity index (χ3v) is 19.8. The summed E-state index contributed by atoms with van der Waals surface area (Å²) in [6, 6.07) is 16.3. The highest BCUT2D eigenvalue weighted by Crippen LogP contribution is 2.35. The van der Waals surface area contributed by atoms with Crippen LogP contribution in [-0.4, -0.2) is 98.0 Å². The summed E-state index contributed by atoms with van der Waals surface area (Å²) in [5.41, 5.74) is 1.76. The number of pyridine rings is 9. The molecule has 0 radical (unpaired) electrons. The van der Waals surface area contributed by atoms with Gasteiger partial charge in [0, 0.05) is 116 Å². The lowest BCUT2D eigenvalue weighted by molar-refractivity contribution is -0.125. The van der Waals surface area contributed by atoms with E-state index >= 15 is 0 Å². The molecule has 0 saturated carbocycles. The van der Waals surface area contributed by atoms with Crippen LogP contribution in [-0.2, 0) is 50.4 Å². The Kier molecular flexibility index (Phi) is 26.0. The third-order valence-electron chi connectivity index (χ3n) is 18.8. The Morgan fingerprint density at radius 3 is 1.17 bits per heavy atom. The van der Waals surface area contributed by atoms with Crippen molar-refractivity contribution in [3.8, 4) is 68.5 Å². The van der Waals surface area contributed by atoms with Crippen LogP contribution in [0.1, 0.15) is 139 Å².